The van der Waals surface area contributed by atoms with Gasteiger partial charge in [-0.1, -0.05) is 53.4 Å². The van der Waals surface area contributed by atoms with Gasteiger partial charge in [0.05, 0.1) is 0 Å². The molecule has 0 atom stereocenters. The number of hydrogen-bond donors (Lipinski definition) is 0. The van der Waals surface area contributed by atoms with E-state index in [0.29, 0.717) is 0 Å². The molecule has 0 aromatic heterocycles. The molecule has 0 aromatic rings. The molecule has 4 heteroatoms. The second-order valence-electron chi connectivity index (χ2n) is 3.41. The molecule has 0 saturated heterocycles. The van der Waals surface area contributed by atoms with Crippen molar-refractivity contribution in [1.29, 1.82) is 0 Å². The van der Waals surface area contributed by atoms with Crippen molar-refractivity contribution >= 4 is 18.4 Å². The predicted molar refractivity (Wildman–Crippen MR) is 92.8 cm³/mol. The minimum absolute atomic E-state index is 1.07. The molecule has 0 rings (SSSR count). The van der Waals surface area contributed by atoms with Crippen LogP contribution < -0.4 is 0 Å². The Morgan fingerprint density at radius 2 is 0.550 bits per heavy atom. The van der Waals surface area contributed by atoms with Crippen molar-refractivity contribution in [1.82, 2.24) is 0 Å². The predicted octanol–water partition coefficient (Wildman–Crippen LogP) is 7.86. The summed E-state index contributed by atoms with van der Waals surface area (Å²) in [6.07, 6.45) is 9.11. The standard InChI is InChI=1S/4C4H9.2Au.2ClH/c4*1-3-4-2;;;;/h4*1,3-4H2,2H3;;;2*1H/q4*-1;2*+1;;/p-2. The zero-order chi connectivity index (χ0) is 17.7. The van der Waals surface area contributed by atoms with Crippen molar-refractivity contribution in [2.75, 3.05) is 0 Å². The van der Waals surface area contributed by atoms with Gasteiger partial charge in [0.15, 0.2) is 0 Å². The Hall–Kier alpha value is 2.06. The molecule has 0 aromatic carbocycles. The quantitative estimate of drug-likeness (QED) is 0.208. The summed E-state index contributed by atoms with van der Waals surface area (Å²) in [5.41, 5.74) is 0. The van der Waals surface area contributed by atoms with Crippen LogP contribution in [-0.2, 0) is 40.0 Å². The summed E-state index contributed by atoms with van der Waals surface area (Å²) in [7, 11) is 9.17. The molecule has 0 N–H and O–H groups in total. The Bertz CT molecular complexity index is 42.4. The van der Waals surface area contributed by atoms with E-state index in [-0.39, 0.29) is 0 Å². The molecular formula is C16H36Au2Cl2-4. The Balaban J connectivity index is -0.0000000301. The van der Waals surface area contributed by atoms with Gasteiger partial charge in [0.1, 0.15) is 0 Å². The molecule has 0 aliphatic heterocycles. The van der Waals surface area contributed by atoms with Crippen LogP contribution in [0.15, 0.2) is 0 Å². The average molecular weight is 693 g/mol. The average Bonchev–Trinajstić information content (AvgIpc) is 2.58. The number of hydrogen-bond acceptors (Lipinski definition) is 0. The van der Waals surface area contributed by atoms with E-state index in [0.717, 1.165) is 25.7 Å². The van der Waals surface area contributed by atoms with Crippen LogP contribution in [0.25, 0.3) is 0 Å². The van der Waals surface area contributed by atoms with E-state index in [1.54, 1.807) is 40.0 Å². The monoisotopic (exact) mass is 692 g/mol. The maximum absolute atomic E-state index is 4.58. The van der Waals surface area contributed by atoms with Gasteiger partial charge in [-0.25, -0.2) is 0 Å². The normalized spacial score (nSPS) is 6.70. The molecule has 0 nitrogen and oxygen atoms in total. The van der Waals surface area contributed by atoms with Crippen LogP contribution >= 0.6 is 18.4 Å². The molecule has 0 radical (unpaired) electrons. The van der Waals surface area contributed by atoms with E-state index in [1.807, 2.05) is 0 Å². The molecule has 140 valence electrons. The summed E-state index contributed by atoms with van der Waals surface area (Å²) in [6, 6.07) is 0. The van der Waals surface area contributed by atoms with Gasteiger partial charge in [0.2, 0.25) is 0 Å². The fourth-order valence-electron chi connectivity index (χ4n) is 0. The molecule has 0 spiro atoms. The third-order valence-corrected chi connectivity index (χ3v) is 1.41. The number of halogens is 2. The zero-order valence-electron chi connectivity index (χ0n) is 13.8. The third-order valence-electron chi connectivity index (χ3n) is 1.41. The first kappa shape index (κ1) is 37.9. The van der Waals surface area contributed by atoms with Gasteiger partial charge in [-0.2, -0.15) is 25.7 Å². The van der Waals surface area contributed by atoms with E-state index >= 15 is 0 Å². The van der Waals surface area contributed by atoms with Crippen molar-refractivity contribution < 1.29 is 40.0 Å². The first-order valence-corrected chi connectivity index (χ1v) is 12.4. The van der Waals surface area contributed by atoms with Crippen LogP contribution in [0.4, 0.5) is 0 Å². The molecule has 0 saturated carbocycles. The Morgan fingerprint density at radius 3 is 0.550 bits per heavy atom. The van der Waals surface area contributed by atoms with Gasteiger partial charge < -0.3 is 27.7 Å². The molecule has 0 aliphatic rings. The zero-order valence-corrected chi connectivity index (χ0v) is 19.7. The Kier molecular flexibility index (Phi) is 159. The summed E-state index contributed by atoms with van der Waals surface area (Å²) in [4.78, 5) is 0. The van der Waals surface area contributed by atoms with Crippen molar-refractivity contribution in [3.63, 3.8) is 0 Å². The molecule has 0 aliphatic carbocycles. The van der Waals surface area contributed by atoms with E-state index < -0.39 is 0 Å². The van der Waals surface area contributed by atoms with Crippen LogP contribution in [0, 0.1) is 27.7 Å². The van der Waals surface area contributed by atoms with Crippen LogP contribution in [0.3, 0.4) is 0 Å². The Morgan fingerprint density at radius 1 is 0.500 bits per heavy atom. The van der Waals surface area contributed by atoms with Crippen LogP contribution in [0.5, 0.6) is 0 Å². The molecule has 20 heavy (non-hydrogen) atoms. The Labute approximate surface area is 164 Å². The van der Waals surface area contributed by atoms with Crippen molar-refractivity contribution in [2.24, 2.45) is 0 Å². The van der Waals surface area contributed by atoms with Crippen LogP contribution in [0.2, 0.25) is 0 Å². The second-order valence-corrected chi connectivity index (χ2v) is 3.41. The summed E-state index contributed by atoms with van der Waals surface area (Å²) < 4.78 is 0. The summed E-state index contributed by atoms with van der Waals surface area (Å²) >= 11 is 3.50. The van der Waals surface area contributed by atoms with E-state index in [4.69, 9.17) is 0 Å². The maximum atomic E-state index is 4.58. The van der Waals surface area contributed by atoms with Crippen LogP contribution in [-0.4, -0.2) is 0 Å². The molecule has 0 amide bonds. The molecule has 0 fully saturated rings. The van der Waals surface area contributed by atoms with E-state index in [9.17, 15) is 0 Å². The van der Waals surface area contributed by atoms with Crippen molar-refractivity contribution in [3.05, 3.63) is 27.7 Å². The molecule has 0 bridgehead atoms. The van der Waals surface area contributed by atoms with Crippen molar-refractivity contribution in [2.45, 2.75) is 79.1 Å². The van der Waals surface area contributed by atoms with Gasteiger partial charge in [0, 0.05) is 0 Å². The van der Waals surface area contributed by atoms with Crippen LogP contribution in [0.1, 0.15) is 79.1 Å². The molecular weight excluding hydrogens is 657 g/mol. The molecule has 0 unspecified atom stereocenters. The third kappa shape index (κ3) is 198. The number of unbranched alkanes of at least 4 members (excludes halogenated alkanes) is 4. The fourth-order valence-corrected chi connectivity index (χ4v) is 0. The van der Waals surface area contributed by atoms with Gasteiger partial charge in [0.25, 0.3) is 0 Å². The summed E-state index contributed by atoms with van der Waals surface area (Å²) in [6.45, 7) is 22.9. The summed E-state index contributed by atoms with van der Waals surface area (Å²) in [5, 5.41) is 0. The van der Waals surface area contributed by atoms with E-state index in [2.05, 4.69) is 73.8 Å². The number of rotatable bonds is 4. The minimum atomic E-state index is 1.07. The van der Waals surface area contributed by atoms with Gasteiger partial charge >= 0.3 is 58.4 Å². The SMILES string of the molecule is [CH2-]CCC.[CH2-]CCC.[CH2-]CCC.[CH2-]CCC.[Cl][Au].[Cl][Au]. The first-order valence-electron chi connectivity index (χ1n) is 7.06. The molecule has 0 heterocycles. The summed E-state index contributed by atoms with van der Waals surface area (Å²) in [5.74, 6) is 0. The van der Waals surface area contributed by atoms with Gasteiger partial charge in [-0.05, 0) is 0 Å². The second kappa shape index (κ2) is 83.7. The van der Waals surface area contributed by atoms with Gasteiger partial charge in [-0.3, -0.25) is 0 Å². The van der Waals surface area contributed by atoms with Gasteiger partial charge in [-0.15, -0.1) is 0 Å². The topological polar surface area (TPSA) is 0 Å². The van der Waals surface area contributed by atoms with Crippen molar-refractivity contribution in [3.8, 4) is 0 Å². The fraction of sp³-hybridized carbons (Fsp3) is 0.750. The van der Waals surface area contributed by atoms with E-state index in [1.165, 1.54) is 25.7 Å². The first-order chi connectivity index (χ1) is 9.66.